The number of benzene rings is 1. The lowest BCUT2D eigenvalue weighted by Gasteiger charge is -2.22. The zero-order valence-electron chi connectivity index (χ0n) is 9.17. The molecular formula is C11H15N3O2. The minimum Gasteiger partial charge on any atom is -0.453 e. The molecule has 1 aliphatic rings. The van der Waals surface area contributed by atoms with Crippen LogP contribution in [0.3, 0.4) is 0 Å². The van der Waals surface area contributed by atoms with Gasteiger partial charge in [-0.3, -0.25) is 5.32 Å². The topological polar surface area (TPSA) is 76.4 Å². The molecule has 1 heterocycles. The van der Waals surface area contributed by atoms with Gasteiger partial charge in [-0.05, 0) is 24.5 Å². The van der Waals surface area contributed by atoms with Crippen molar-refractivity contribution in [2.24, 2.45) is 0 Å². The van der Waals surface area contributed by atoms with Crippen LogP contribution in [0.25, 0.3) is 0 Å². The summed E-state index contributed by atoms with van der Waals surface area (Å²) in [5.74, 6) is 0. The third-order valence-electron chi connectivity index (χ3n) is 2.66. The number of nitrogens with two attached hydrogens (primary N) is 1. The van der Waals surface area contributed by atoms with E-state index < -0.39 is 6.09 Å². The van der Waals surface area contributed by atoms with Crippen molar-refractivity contribution in [2.45, 2.75) is 12.8 Å². The van der Waals surface area contributed by atoms with Crippen LogP contribution in [0.15, 0.2) is 12.1 Å². The molecule has 16 heavy (non-hydrogen) atoms. The monoisotopic (exact) mass is 221 g/mol. The smallest absolute Gasteiger partial charge is 0.411 e. The SMILES string of the molecule is COC(=O)Nc1c(N)ccc2c1NCCC2. The summed E-state index contributed by atoms with van der Waals surface area (Å²) in [6.45, 7) is 0.895. The third-order valence-corrected chi connectivity index (χ3v) is 2.66. The number of hydrogen-bond donors (Lipinski definition) is 3. The second-order valence-electron chi connectivity index (χ2n) is 3.71. The molecule has 1 amide bonds. The van der Waals surface area contributed by atoms with Gasteiger partial charge in [0, 0.05) is 6.54 Å². The zero-order chi connectivity index (χ0) is 11.5. The molecule has 5 nitrogen and oxygen atoms in total. The summed E-state index contributed by atoms with van der Waals surface area (Å²) in [4.78, 5) is 11.2. The molecule has 1 aromatic carbocycles. The van der Waals surface area contributed by atoms with Crippen LogP contribution < -0.4 is 16.4 Å². The van der Waals surface area contributed by atoms with E-state index in [-0.39, 0.29) is 0 Å². The molecule has 1 aromatic rings. The maximum absolute atomic E-state index is 11.2. The van der Waals surface area contributed by atoms with E-state index in [1.54, 1.807) is 6.07 Å². The first-order valence-corrected chi connectivity index (χ1v) is 5.22. The Morgan fingerprint density at radius 1 is 1.56 bits per heavy atom. The molecule has 0 bridgehead atoms. The fourth-order valence-electron chi connectivity index (χ4n) is 1.85. The molecule has 0 saturated carbocycles. The highest BCUT2D eigenvalue weighted by Crippen LogP contribution is 2.35. The molecule has 0 aromatic heterocycles. The number of rotatable bonds is 1. The van der Waals surface area contributed by atoms with Crippen molar-refractivity contribution in [1.82, 2.24) is 0 Å². The molecule has 1 aliphatic heterocycles. The Hall–Kier alpha value is -1.91. The van der Waals surface area contributed by atoms with E-state index in [1.165, 1.54) is 12.7 Å². The summed E-state index contributed by atoms with van der Waals surface area (Å²) in [7, 11) is 1.33. The van der Waals surface area contributed by atoms with Gasteiger partial charge in [0.25, 0.3) is 0 Å². The summed E-state index contributed by atoms with van der Waals surface area (Å²) in [6, 6.07) is 3.79. The first kappa shape index (κ1) is 10.6. The number of amides is 1. The Bertz CT molecular complexity index is 418. The molecule has 0 unspecified atom stereocenters. The number of nitrogens with one attached hydrogen (secondary N) is 2. The predicted molar refractivity (Wildman–Crippen MR) is 63.7 cm³/mol. The van der Waals surface area contributed by atoms with Crippen LogP contribution in [0, 0.1) is 0 Å². The van der Waals surface area contributed by atoms with Crippen molar-refractivity contribution in [3.63, 3.8) is 0 Å². The molecule has 0 aliphatic carbocycles. The molecular weight excluding hydrogens is 206 g/mol. The molecule has 86 valence electrons. The van der Waals surface area contributed by atoms with Crippen molar-refractivity contribution >= 4 is 23.2 Å². The standard InChI is InChI=1S/C11H15N3O2/c1-16-11(15)14-10-8(12)5-4-7-3-2-6-13-9(7)10/h4-5,13H,2-3,6,12H2,1H3,(H,14,15). The fraction of sp³-hybridized carbons (Fsp3) is 0.364. The second-order valence-corrected chi connectivity index (χ2v) is 3.71. The van der Waals surface area contributed by atoms with Crippen molar-refractivity contribution < 1.29 is 9.53 Å². The molecule has 2 rings (SSSR count). The molecule has 4 N–H and O–H groups in total. The van der Waals surface area contributed by atoms with Crippen LogP contribution in [0.1, 0.15) is 12.0 Å². The molecule has 0 fully saturated rings. The number of aryl methyl sites for hydroxylation is 1. The summed E-state index contributed by atoms with van der Waals surface area (Å²) in [5, 5.41) is 5.89. The molecule has 5 heteroatoms. The van der Waals surface area contributed by atoms with E-state index in [0.717, 1.165) is 25.1 Å². The molecule has 0 radical (unpaired) electrons. The lowest BCUT2D eigenvalue weighted by molar-refractivity contribution is 0.187. The highest BCUT2D eigenvalue weighted by Gasteiger charge is 2.16. The molecule has 0 atom stereocenters. The normalized spacial score (nSPS) is 13.6. The number of anilines is 3. The number of carbonyl (C=O) groups is 1. The van der Waals surface area contributed by atoms with Crippen molar-refractivity contribution in [3.8, 4) is 0 Å². The van der Waals surface area contributed by atoms with Crippen LogP contribution >= 0.6 is 0 Å². The third kappa shape index (κ3) is 1.88. The van der Waals surface area contributed by atoms with Crippen LogP contribution in [-0.4, -0.2) is 19.7 Å². The zero-order valence-corrected chi connectivity index (χ0v) is 9.17. The van der Waals surface area contributed by atoms with Crippen LogP contribution in [0.4, 0.5) is 21.9 Å². The van der Waals surface area contributed by atoms with Gasteiger partial charge in [0.1, 0.15) is 0 Å². The van der Waals surface area contributed by atoms with E-state index in [9.17, 15) is 4.79 Å². The average Bonchev–Trinajstić information content (AvgIpc) is 2.32. The van der Waals surface area contributed by atoms with Crippen molar-refractivity contribution in [3.05, 3.63) is 17.7 Å². The Kier molecular flexibility index (Phi) is 2.85. The van der Waals surface area contributed by atoms with E-state index in [1.807, 2.05) is 6.07 Å². The number of nitrogen functional groups attached to an aromatic ring is 1. The van der Waals surface area contributed by atoms with Gasteiger partial charge in [-0.2, -0.15) is 0 Å². The first-order chi connectivity index (χ1) is 7.72. The first-order valence-electron chi connectivity index (χ1n) is 5.22. The minimum absolute atomic E-state index is 0.507. The van der Waals surface area contributed by atoms with Crippen molar-refractivity contribution in [1.29, 1.82) is 0 Å². The maximum atomic E-state index is 11.2. The number of carbonyl (C=O) groups excluding carboxylic acids is 1. The summed E-state index contributed by atoms with van der Waals surface area (Å²) in [6.07, 6.45) is 1.58. The van der Waals surface area contributed by atoms with E-state index in [4.69, 9.17) is 5.73 Å². The number of ether oxygens (including phenoxy) is 1. The Labute approximate surface area is 94.0 Å². The van der Waals surface area contributed by atoms with Gasteiger partial charge < -0.3 is 15.8 Å². The quantitative estimate of drug-likeness (QED) is 0.632. The van der Waals surface area contributed by atoms with E-state index in [2.05, 4.69) is 15.4 Å². The van der Waals surface area contributed by atoms with Gasteiger partial charge in [0.05, 0.1) is 24.2 Å². The highest BCUT2D eigenvalue weighted by atomic mass is 16.5. The van der Waals surface area contributed by atoms with Gasteiger partial charge in [0.15, 0.2) is 0 Å². The lowest BCUT2D eigenvalue weighted by Crippen LogP contribution is -2.18. The average molecular weight is 221 g/mol. The van der Waals surface area contributed by atoms with Gasteiger partial charge in [-0.15, -0.1) is 0 Å². The Morgan fingerprint density at radius 2 is 2.38 bits per heavy atom. The lowest BCUT2D eigenvalue weighted by atomic mass is 10.0. The summed E-state index contributed by atoms with van der Waals surface area (Å²) < 4.78 is 4.57. The van der Waals surface area contributed by atoms with Gasteiger partial charge >= 0.3 is 6.09 Å². The summed E-state index contributed by atoms with van der Waals surface area (Å²) >= 11 is 0. The maximum Gasteiger partial charge on any atom is 0.411 e. The van der Waals surface area contributed by atoms with Crippen LogP contribution in [-0.2, 0) is 11.2 Å². The number of methoxy groups -OCH3 is 1. The fourth-order valence-corrected chi connectivity index (χ4v) is 1.85. The number of hydrogen-bond acceptors (Lipinski definition) is 4. The molecule has 0 saturated heterocycles. The van der Waals surface area contributed by atoms with Gasteiger partial charge in [-0.25, -0.2) is 4.79 Å². The highest BCUT2D eigenvalue weighted by molar-refractivity contribution is 5.96. The Balaban J connectivity index is 2.37. The van der Waals surface area contributed by atoms with E-state index in [0.29, 0.717) is 11.4 Å². The molecule has 0 spiro atoms. The number of fused-ring (bicyclic) bond motifs is 1. The van der Waals surface area contributed by atoms with Gasteiger partial charge in [-0.1, -0.05) is 6.07 Å². The van der Waals surface area contributed by atoms with Crippen molar-refractivity contribution in [2.75, 3.05) is 30.0 Å². The minimum atomic E-state index is -0.507. The Morgan fingerprint density at radius 3 is 3.12 bits per heavy atom. The van der Waals surface area contributed by atoms with E-state index >= 15 is 0 Å². The van der Waals surface area contributed by atoms with Gasteiger partial charge in [0.2, 0.25) is 0 Å². The van der Waals surface area contributed by atoms with Crippen LogP contribution in [0.2, 0.25) is 0 Å². The summed E-state index contributed by atoms with van der Waals surface area (Å²) in [5.41, 5.74) is 9.08. The largest absolute Gasteiger partial charge is 0.453 e. The second kappa shape index (κ2) is 4.30. The predicted octanol–water partition coefficient (Wildman–Crippen LogP) is 1.81. The van der Waals surface area contributed by atoms with Crippen LogP contribution in [0.5, 0.6) is 0 Å².